The molecule has 0 bridgehead atoms. The Balaban J connectivity index is 6.90. The molecule has 0 radical (unpaired) electrons. The second-order valence-electron chi connectivity index (χ2n) is 4.86. The summed E-state index contributed by atoms with van der Waals surface area (Å²) in [4.78, 5) is 57.7. The summed E-state index contributed by atoms with van der Waals surface area (Å²) in [5.74, 6) is -3.14. The standard InChI is InChI=1S/C14H19NO6/c1-6-7-14(10(4)18,11(5)19)12(8(2)16)13(9(3)17)15(20)21/h6-7H2,1-5H3/b13-12+. The first-order valence-corrected chi connectivity index (χ1v) is 6.47. The summed E-state index contributed by atoms with van der Waals surface area (Å²) >= 11 is 0. The molecule has 0 aromatic carbocycles. The Morgan fingerprint density at radius 3 is 1.57 bits per heavy atom. The van der Waals surface area contributed by atoms with Gasteiger partial charge in [0.1, 0.15) is 17.0 Å². The molecule has 0 N–H and O–H groups in total. The van der Waals surface area contributed by atoms with Gasteiger partial charge >= 0.3 is 5.70 Å². The summed E-state index contributed by atoms with van der Waals surface area (Å²) in [5, 5.41) is 11.1. The molecule has 0 atom stereocenters. The number of nitro groups is 1. The van der Waals surface area contributed by atoms with Crippen molar-refractivity contribution in [2.24, 2.45) is 5.41 Å². The minimum Gasteiger partial charge on any atom is -0.299 e. The molecule has 0 amide bonds. The highest BCUT2D eigenvalue weighted by atomic mass is 16.6. The van der Waals surface area contributed by atoms with Gasteiger partial charge in [-0.15, -0.1) is 0 Å². The van der Waals surface area contributed by atoms with Crippen molar-refractivity contribution in [1.29, 1.82) is 0 Å². The average Bonchev–Trinajstić information content (AvgIpc) is 2.30. The summed E-state index contributed by atoms with van der Waals surface area (Å²) in [7, 11) is 0. The second-order valence-corrected chi connectivity index (χ2v) is 4.86. The van der Waals surface area contributed by atoms with Crippen LogP contribution in [-0.4, -0.2) is 28.1 Å². The van der Waals surface area contributed by atoms with Gasteiger partial charge in [0.2, 0.25) is 5.78 Å². The summed E-state index contributed by atoms with van der Waals surface area (Å²) in [6.45, 7) is 5.81. The Bertz CT molecular complexity index is 514. The smallest absolute Gasteiger partial charge is 0.299 e. The highest BCUT2D eigenvalue weighted by molar-refractivity contribution is 6.18. The fraction of sp³-hybridized carbons (Fsp3) is 0.571. The molecule has 0 saturated heterocycles. The van der Waals surface area contributed by atoms with Gasteiger partial charge in [0, 0.05) is 6.92 Å². The molecule has 0 aromatic rings. The van der Waals surface area contributed by atoms with Crippen molar-refractivity contribution >= 4 is 23.1 Å². The number of nitrogens with zero attached hydrogens (tertiary/aromatic N) is 1. The van der Waals surface area contributed by atoms with E-state index in [4.69, 9.17) is 0 Å². The number of hydrogen-bond acceptors (Lipinski definition) is 6. The van der Waals surface area contributed by atoms with E-state index in [0.29, 0.717) is 6.42 Å². The van der Waals surface area contributed by atoms with Crippen molar-refractivity contribution in [3.8, 4) is 0 Å². The molecule has 0 aliphatic heterocycles. The number of hydrogen-bond donors (Lipinski definition) is 0. The lowest BCUT2D eigenvalue weighted by Gasteiger charge is -2.29. The third-order valence-electron chi connectivity index (χ3n) is 3.36. The van der Waals surface area contributed by atoms with Crippen LogP contribution in [0.3, 0.4) is 0 Å². The molecule has 7 nitrogen and oxygen atoms in total. The highest BCUT2D eigenvalue weighted by Crippen LogP contribution is 2.38. The molecule has 0 aliphatic rings. The largest absolute Gasteiger partial charge is 0.319 e. The third-order valence-corrected chi connectivity index (χ3v) is 3.36. The lowest BCUT2D eigenvalue weighted by Crippen LogP contribution is -2.42. The molecule has 0 rings (SSSR count). The number of allylic oxidation sites excluding steroid dienone is 2. The maximum absolute atomic E-state index is 12.1. The Morgan fingerprint density at radius 2 is 1.38 bits per heavy atom. The normalized spacial score (nSPS) is 12.4. The van der Waals surface area contributed by atoms with Crippen LogP contribution in [0.1, 0.15) is 47.5 Å². The zero-order chi connectivity index (χ0) is 17.0. The first kappa shape index (κ1) is 18.8. The number of carbonyl (C=O) groups excluding carboxylic acids is 4. The summed E-state index contributed by atoms with van der Waals surface area (Å²) in [6.07, 6.45) is 0.288. The van der Waals surface area contributed by atoms with Crippen LogP contribution < -0.4 is 0 Å². The van der Waals surface area contributed by atoms with E-state index >= 15 is 0 Å². The molecule has 0 unspecified atom stereocenters. The fourth-order valence-corrected chi connectivity index (χ4v) is 2.52. The molecule has 116 valence electrons. The van der Waals surface area contributed by atoms with Crippen LogP contribution in [0.4, 0.5) is 0 Å². The molecule has 0 aromatic heterocycles. The zero-order valence-corrected chi connectivity index (χ0v) is 12.8. The lowest BCUT2D eigenvalue weighted by molar-refractivity contribution is -0.420. The summed E-state index contributed by atoms with van der Waals surface area (Å²) in [5.41, 5.74) is -3.53. The molecule has 0 saturated carbocycles. The van der Waals surface area contributed by atoms with Gasteiger partial charge in [-0.25, -0.2) is 0 Å². The Hall–Kier alpha value is -2.18. The summed E-state index contributed by atoms with van der Waals surface area (Å²) in [6, 6.07) is 0. The number of Topliss-reactive ketones (excluding diaryl/α,β-unsaturated/α-hetero) is 4. The topological polar surface area (TPSA) is 111 Å². The third kappa shape index (κ3) is 3.48. The zero-order valence-electron chi connectivity index (χ0n) is 12.8. The summed E-state index contributed by atoms with van der Waals surface area (Å²) < 4.78 is 0. The van der Waals surface area contributed by atoms with E-state index in [2.05, 4.69) is 0 Å². The van der Waals surface area contributed by atoms with Gasteiger partial charge < -0.3 is 0 Å². The Labute approximate surface area is 122 Å². The van der Waals surface area contributed by atoms with E-state index in [0.717, 1.165) is 27.7 Å². The van der Waals surface area contributed by atoms with Crippen LogP contribution in [-0.2, 0) is 19.2 Å². The lowest BCUT2D eigenvalue weighted by atomic mass is 9.68. The molecule has 21 heavy (non-hydrogen) atoms. The van der Waals surface area contributed by atoms with Crippen molar-refractivity contribution < 1.29 is 24.1 Å². The minimum absolute atomic E-state index is 0.0583. The van der Waals surface area contributed by atoms with Gasteiger partial charge in [-0.2, -0.15) is 0 Å². The molecule has 7 heteroatoms. The van der Waals surface area contributed by atoms with Crippen LogP contribution in [0.2, 0.25) is 0 Å². The van der Waals surface area contributed by atoms with Gasteiger partial charge in [-0.3, -0.25) is 29.3 Å². The second kappa shape index (κ2) is 7.01. The van der Waals surface area contributed by atoms with E-state index in [1.807, 2.05) is 0 Å². The van der Waals surface area contributed by atoms with Crippen molar-refractivity contribution in [3.63, 3.8) is 0 Å². The Kier molecular flexibility index (Phi) is 6.28. The predicted octanol–water partition coefficient (Wildman–Crippen LogP) is 1.66. The monoisotopic (exact) mass is 297 g/mol. The SMILES string of the molecule is CCCC(C(C)=O)(C(C)=O)/C(C(C)=O)=C(\C(C)=O)[N+](=O)[O-]. The average molecular weight is 297 g/mol. The van der Waals surface area contributed by atoms with Crippen molar-refractivity contribution in [3.05, 3.63) is 21.4 Å². The molecular formula is C14H19NO6. The first-order valence-electron chi connectivity index (χ1n) is 6.47. The van der Waals surface area contributed by atoms with Crippen LogP contribution in [0.25, 0.3) is 0 Å². The highest BCUT2D eigenvalue weighted by Gasteiger charge is 2.50. The van der Waals surface area contributed by atoms with E-state index < -0.39 is 44.7 Å². The van der Waals surface area contributed by atoms with Crippen molar-refractivity contribution in [2.45, 2.75) is 47.5 Å². The van der Waals surface area contributed by atoms with Crippen molar-refractivity contribution in [2.75, 3.05) is 0 Å². The van der Waals surface area contributed by atoms with Gasteiger partial charge in [-0.1, -0.05) is 13.3 Å². The molecule has 0 fully saturated rings. The number of ketones is 4. The van der Waals surface area contributed by atoms with Gasteiger partial charge in [0.15, 0.2) is 5.78 Å². The van der Waals surface area contributed by atoms with Gasteiger partial charge in [0.05, 0.1) is 10.5 Å². The van der Waals surface area contributed by atoms with Crippen LogP contribution >= 0.6 is 0 Å². The van der Waals surface area contributed by atoms with Gasteiger partial charge in [0.25, 0.3) is 0 Å². The minimum atomic E-state index is -1.94. The Morgan fingerprint density at radius 1 is 0.952 bits per heavy atom. The predicted molar refractivity (Wildman–Crippen MR) is 74.1 cm³/mol. The van der Waals surface area contributed by atoms with Crippen LogP contribution in [0, 0.1) is 15.5 Å². The van der Waals surface area contributed by atoms with E-state index in [1.165, 1.54) is 0 Å². The maximum atomic E-state index is 12.1. The van der Waals surface area contributed by atoms with Crippen LogP contribution in [0.15, 0.2) is 11.3 Å². The van der Waals surface area contributed by atoms with Crippen molar-refractivity contribution in [1.82, 2.24) is 0 Å². The number of carbonyl (C=O) groups is 4. The van der Waals surface area contributed by atoms with Crippen LogP contribution in [0.5, 0.6) is 0 Å². The molecule has 0 spiro atoms. The van der Waals surface area contributed by atoms with Gasteiger partial charge in [-0.05, 0) is 27.2 Å². The quantitative estimate of drug-likeness (QED) is 0.291. The molecule has 0 aliphatic carbocycles. The molecule has 0 heterocycles. The first-order chi connectivity index (χ1) is 9.53. The van der Waals surface area contributed by atoms with E-state index in [9.17, 15) is 29.3 Å². The number of rotatable bonds is 8. The van der Waals surface area contributed by atoms with E-state index in [-0.39, 0.29) is 6.42 Å². The maximum Gasteiger partial charge on any atom is 0.319 e. The molecular weight excluding hydrogens is 278 g/mol. The fourth-order valence-electron chi connectivity index (χ4n) is 2.52. The van der Waals surface area contributed by atoms with E-state index in [1.54, 1.807) is 6.92 Å².